The molecule has 3 nitrogen and oxygen atoms in total. The van der Waals surface area contributed by atoms with Gasteiger partial charge in [0.2, 0.25) is 0 Å². The van der Waals surface area contributed by atoms with E-state index < -0.39 is 9.84 Å². The maximum atomic E-state index is 12.8. The average molecular weight is 309 g/mol. The maximum Gasteiger partial charge on any atom is 0.182 e. The molecule has 2 unspecified atom stereocenters. The van der Waals surface area contributed by atoms with Crippen molar-refractivity contribution in [2.75, 3.05) is 6.54 Å². The van der Waals surface area contributed by atoms with Gasteiger partial charge in [-0.25, -0.2) is 8.42 Å². The number of nitrogens with one attached hydrogen (secondary N) is 1. The van der Waals surface area contributed by atoms with E-state index in [1.54, 1.807) is 12.1 Å². The molecule has 21 heavy (non-hydrogen) atoms. The summed E-state index contributed by atoms with van der Waals surface area (Å²) in [6.45, 7) is 9.25. The van der Waals surface area contributed by atoms with Crippen molar-refractivity contribution in [3.8, 4) is 0 Å². The molecule has 2 atom stereocenters. The Morgan fingerprint density at radius 2 is 1.76 bits per heavy atom. The fourth-order valence-electron chi connectivity index (χ4n) is 3.11. The minimum Gasteiger partial charge on any atom is -0.313 e. The quantitative estimate of drug-likeness (QED) is 0.928. The van der Waals surface area contributed by atoms with Crippen LogP contribution < -0.4 is 5.32 Å². The molecule has 0 bridgehead atoms. The van der Waals surface area contributed by atoms with Gasteiger partial charge >= 0.3 is 0 Å². The predicted octanol–water partition coefficient (Wildman–Crippen LogP) is 3.29. The van der Waals surface area contributed by atoms with Crippen LogP contribution in [0.1, 0.15) is 52.5 Å². The Hall–Kier alpha value is -0.870. The van der Waals surface area contributed by atoms with E-state index in [-0.39, 0.29) is 16.7 Å². The minimum atomic E-state index is -3.23. The lowest BCUT2D eigenvalue weighted by molar-refractivity contribution is 0.517. The number of hydrogen-bond donors (Lipinski definition) is 1. The van der Waals surface area contributed by atoms with Gasteiger partial charge < -0.3 is 5.32 Å². The van der Waals surface area contributed by atoms with E-state index in [4.69, 9.17) is 0 Å². The topological polar surface area (TPSA) is 46.2 Å². The molecular weight excluding hydrogens is 282 g/mol. The largest absolute Gasteiger partial charge is 0.313 e. The van der Waals surface area contributed by atoms with Gasteiger partial charge in [0.25, 0.3) is 0 Å². The van der Waals surface area contributed by atoms with Crippen LogP contribution in [0, 0.1) is 0 Å². The van der Waals surface area contributed by atoms with Crippen LogP contribution >= 0.6 is 0 Å². The minimum absolute atomic E-state index is 0.0436. The molecule has 0 amide bonds. The van der Waals surface area contributed by atoms with Gasteiger partial charge in [-0.2, -0.15) is 0 Å². The highest BCUT2D eigenvalue weighted by Crippen LogP contribution is 2.31. The van der Waals surface area contributed by atoms with Crippen molar-refractivity contribution in [1.29, 1.82) is 0 Å². The fourth-order valence-corrected chi connectivity index (χ4v) is 5.12. The van der Waals surface area contributed by atoms with Crippen molar-refractivity contribution < 1.29 is 8.42 Å². The third-order valence-corrected chi connectivity index (χ3v) is 6.66. The summed E-state index contributed by atoms with van der Waals surface area (Å²) in [5.41, 5.74) is 1.21. The molecule has 1 fully saturated rings. The van der Waals surface area contributed by atoms with E-state index in [0.29, 0.717) is 4.90 Å². The Balaban J connectivity index is 2.27. The zero-order valence-corrected chi connectivity index (χ0v) is 14.3. The molecule has 1 aromatic carbocycles. The summed E-state index contributed by atoms with van der Waals surface area (Å²) in [6, 6.07) is 7.55. The monoisotopic (exact) mass is 309 g/mol. The third-order valence-electron chi connectivity index (χ3n) is 4.37. The van der Waals surface area contributed by atoms with Crippen LogP contribution in [0.4, 0.5) is 0 Å². The molecule has 4 heteroatoms. The first kappa shape index (κ1) is 16.5. The first-order chi connectivity index (χ1) is 9.76. The van der Waals surface area contributed by atoms with Crippen molar-refractivity contribution >= 4 is 9.84 Å². The Bertz CT molecular complexity index is 570. The first-order valence-electron chi connectivity index (χ1n) is 7.84. The zero-order chi connectivity index (χ0) is 15.7. The van der Waals surface area contributed by atoms with Gasteiger partial charge in [0.05, 0.1) is 10.1 Å². The Morgan fingerprint density at radius 3 is 2.29 bits per heavy atom. The number of sulfone groups is 1. The Morgan fingerprint density at radius 1 is 1.14 bits per heavy atom. The van der Waals surface area contributed by atoms with E-state index in [2.05, 4.69) is 26.1 Å². The van der Waals surface area contributed by atoms with Crippen LogP contribution in [0.3, 0.4) is 0 Å². The van der Waals surface area contributed by atoms with Gasteiger partial charge in [-0.1, -0.05) is 46.2 Å². The van der Waals surface area contributed by atoms with Gasteiger partial charge in [-0.05, 0) is 42.5 Å². The fraction of sp³-hybridized carbons (Fsp3) is 0.647. The Kier molecular flexibility index (Phi) is 4.79. The molecule has 0 spiro atoms. The SMILES string of the molecule is CCNC1CCCC1S(=O)(=O)c1ccc(C(C)(C)C)cc1. The molecule has 1 aliphatic rings. The standard InChI is InChI=1S/C17H27NO2S/c1-5-18-15-7-6-8-16(15)21(19,20)14-11-9-13(10-12-14)17(2,3)4/h9-12,15-16,18H,5-8H2,1-4H3. The summed E-state index contributed by atoms with van der Waals surface area (Å²) in [5.74, 6) is 0. The lowest BCUT2D eigenvalue weighted by Gasteiger charge is -2.22. The lowest BCUT2D eigenvalue weighted by Crippen LogP contribution is -2.40. The van der Waals surface area contributed by atoms with E-state index in [1.165, 1.54) is 0 Å². The molecule has 0 aliphatic heterocycles. The third kappa shape index (κ3) is 3.49. The van der Waals surface area contributed by atoms with E-state index in [9.17, 15) is 8.42 Å². The van der Waals surface area contributed by atoms with Crippen molar-refractivity contribution in [1.82, 2.24) is 5.32 Å². The van der Waals surface area contributed by atoms with Crippen LogP contribution in [0.25, 0.3) is 0 Å². The lowest BCUT2D eigenvalue weighted by atomic mass is 9.87. The molecular formula is C17H27NO2S. The highest BCUT2D eigenvalue weighted by Gasteiger charge is 2.37. The maximum absolute atomic E-state index is 12.8. The van der Waals surface area contributed by atoms with Crippen molar-refractivity contribution in [2.45, 2.75) is 68.6 Å². The van der Waals surface area contributed by atoms with Crippen LogP contribution in [-0.4, -0.2) is 26.3 Å². The molecule has 1 aliphatic carbocycles. The smallest absolute Gasteiger partial charge is 0.182 e. The second-order valence-electron chi connectivity index (χ2n) is 6.95. The molecule has 0 aromatic heterocycles. The second-order valence-corrected chi connectivity index (χ2v) is 9.12. The predicted molar refractivity (Wildman–Crippen MR) is 87.4 cm³/mol. The molecule has 1 saturated carbocycles. The number of hydrogen-bond acceptors (Lipinski definition) is 3. The van der Waals surface area contributed by atoms with Gasteiger partial charge in [-0.15, -0.1) is 0 Å². The molecule has 0 heterocycles. The van der Waals surface area contributed by atoms with Crippen molar-refractivity contribution in [3.05, 3.63) is 29.8 Å². The van der Waals surface area contributed by atoms with Gasteiger partial charge in [0, 0.05) is 6.04 Å². The molecule has 118 valence electrons. The zero-order valence-electron chi connectivity index (χ0n) is 13.5. The van der Waals surface area contributed by atoms with Gasteiger partial charge in [0.1, 0.15) is 0 Å². The van der Waals surface area contributed by atoms with Gasteiger partial charge in [-0.3, -0.25) is 0 Å². The summed E-state index contributed by atoms with van der Waals surface area (Å²) >= 11 is 0. The average Bonchev–Trinajstić information content (AvgIpc) is 2.87. The van der Waals surface area contributed by atoms with Crippen LogP contribution in [0.5, 0.6) is 0 Å². The van der Waals surface area contributed by atoms with Gasteiger partial charge in [0.15, 0.2) is 9.84 Å². The summed E-state index contributed by atoms with van der Waals surface area (Å²) < 4.78 is 25.7. The molecule has 0 saturated heterocycles. The highest BCUT2D eigenvalue weighted by atomic mass is 32.2. The van der Waals surface area contributed by atoms with Crippen LogP contribution in [0.2, 0.25) is 0 Å². The highest BCUT2D eigenvalue weighted by molar-refractivity contribution is 7.92. The Labute approximate surface area is 129 Å². The van der Waals surface area contributed by atoms with Crippen molar-refractivity contribution in [2.24, 2.45) is 0 Å². The van der Waals surface area contributed by atoms with Crippen LogP contribution in [0.15, 0.2) is 29.2 Å². The van der Waals surface area contributed by atoms with E-state index in [0.717, 1.165) is 31.4 Å². The summed E-state index contributed by atoms with van der Waals surface area (Å²) in [4.78, 5) is 0.463. The van der Waals surface area contributed by atoms with Crippen LogP contribution in [-0.2, 0) is 15.3 Å². The summed E-state index contributed by atoms with van der Waals surface area (Å²) in [7, 11) is -3.23. The van der Waals surface area contributed by atoms with Crippen molar-refractivity contribution in [3.63, 3.8) is 0 Å². The summed E-state index contributed by atoms with van der Waals surface area (Å²) in [5, 5.41) is 3.05. The molecule has 0 radical (unpaired) electrons. The second kappa shape index (κ2) is 6.09. The molecule has 2 rings (SSSR count). The molecule has 1 aromatic rings. The molecule has 1 N–H and O–H groups in total. The summed E-state index contributed by atoms with van der Waals surface area (Å²) in [6.07, 6.45) is 2.71. The number of rotatable bonds is 4. The first-order valence-corrected chi connectivity index (χ1v) is 9.39. The normalized spacial score (nSPS) is 23.4. The van der Waals surface area contributed by atoms with E-state index in [1.807, 2.05) is 19.1 Å². The number of benzene rings is 1. The van der Waals surface area contributed by atoms with E-state index >= 15 is 0 Å².